The smallest absolute Gasteiger partial charge is 0.378 e. The average molecular weight is 474 g/mol. The van der Waals surface area contributed by atoms with E-state index in [-0.39, 0.29) is 6.03 Å². The summed E-state index contributed by atoms with van der Waals surface area (Å²) < 4.78 is 5.87. The van der Waals surface area contributed by atoms with E-state index in [1.807, 2.05) is 49.5 Å². The van der Waals surface area contributed by atoms with Gasteiger partial charge in [0.15, 0.2) is 0 Å². The monoisotopic (exact) mass is 473 g/mol. The quantitative estimate of drug-likeness (QED) is 0.514. The maximum absolute atomic E-state index is 12.9. The van der Waals surface area contributed by atoms with E-state index in [1.165, 1.54) is 5.69 Å². The number of quaternary nitrogens is 1. The second kappa shape index (κ2) is 10.0. The molecule has 5 rings (SSSR count). The molecule has 2 aliphatic rings. The molecule has 0 saturated carbocycles. The van der Waals surface area contributed by atoms with Gasteiger partial charge in [0.25, 0.3) is 0 Å². The van der Waals surface area contributed by atoms with Gasteiger partial charge in [-0.1, -0.05) is 12.1 Å². The largest absolute Gasteiger partial charge is 0.421 e. The van der Waals surface area contributed by atoms with Crippen molar-refractivity contribution in [3.63, 3.8) is 0 Å². The molecule has 35 heavy (non-hydrogen) atoms. The molecule has 8 nitrogen and oxygen atoms in total. The Morgan fingerprint density at radius 2 is 1.74 bits per heavy atom. The second-order valence-electron chi connectivity index (χ2n) is 9.53. The predicted molar refractivity (Wildman–Crippen MR) is 139 cm³/mol. The van der Waals surface area contributed by atoms with Gasteiger partial charge in [0, 0.05) is 54.8 Å². The molecule has 0 bridgehead atoms. The maximum atomic E-state index is 12.9. The van der Waals surface area contributed by atoms with Crippen LogP contribution in [-0.2, 0) is 4.74 Å². The second-order valence-corrected chi connectivity index (χ2v) is 9.53. The molecule has 1 unspecified atom stereocenters. The first-order valence-corrected chi connectivity index (χ1v) is 12.3. The zero-order valence-electron chi connectivity index (χ0n) is 20.4. The Hall–Kier alpha value is -3.49. The molecule has 2 amide bonds. The van der Waals surface area contributed by atoms with Gasteiger partial charge in [-0.2, -0.15) is 0 Å². The Morgan fingerprint density at radius 1 is 1.03 bits per heavy atom. The van der Waals surface area contributed by atoms with Gasteiger partial charge in [-0.15, -0.1) is 0 Å². The van der Waals surface area contributed by atoms with Crippen LogP contribution in [0.3, 0.4) is 0 Å². The molecule has 2 fully saturated rings. The van der Waals surface area contributed by atoms with Crippen LogP contribution in [0.5, 0.6) is 0 Å². The van der Waals surface area contributed by atoms with Crippen LogP contribution in [0.1, 0.15) is 19.8 Å². The first kappa shape index (κ1) is 23.3. The number of carbonyl (C=O) groups excluding carboxylic acids is 1. The highest BCUT2D eigenvalue weighted by Crippen LogP contribution is 2.27. The van der Waals surface area contributed by atoms with Gasteiger partial charge in [0.2, 0.25) is 5.95 Å². The number of hydrogen-bond acceptors (Lipinski definition) is 6. The number of urea groups is 1. The van der Waals surface area contributed by atoms with Crippen molar-refractivity contribution < 1.29 is 14.0 Å². The number of benzene rings is 2. The van der Waals surface area contributed by atoms with Crippen LogP contribution in [0.4, 0.5) is 27.8 Å². The van der Waals surface area contributed by atoms with Crippen molar-refractivity contribution in [1.29, 1.82) is 0 Å². The molecule has 182 valence electrons. The molecule has 1 aromatic heterocycles. The molecular weight excluding hydrogens is 440 g/mol. The predicted octanol–water partition coefficient (Wildman–Crippen LogP) is 4.88. The van der Waals surface area contributed by atoms with Crippen LogP contribution >= 0.6 is 0 Å². The normalized spacial score (nSPS) is 22.1. The van der Waals surface area contributed by atoms with E-state index in [2.05, 4.69) is 44.6 Å². The Bertz CT molecular complexity index is 1160. The number of carbonyl (C=O) groups is 1. The third-order valence-electron chi connectivity index (χ3n) is 7.27. The van der Waals surface area contributed by atoms with Crippen molar-refractivity contribution in [3.05, 3.63) is 60.8 Å². The fourth-order valence-corrected chi connectivity index (χ4v) is 4.78. The summed E-state index contributed by atoms with van der Waals surface area (Å²) in [5.74, 6) is 0.541. The van der Waals surface area contributed by atoms with Gasteiger partial charge in [-0.25, -0.2) is 19.2 Å². The fraction of sp³-hybridized carbons (Fsp3) is 0.370. The summed E-state index contributed by atoms with van der Waals surface area (Å²) in [4.78, 5) is 24.2. The minimum atomic E-state index is 0.0518. The van der Waals surface area contributed by atoms with E-state index in [0.717, 1.165) is 68.3 Å². The van der Waals surface area contributed by atoms with Crippen LogP contribution in [-0.4, -0.2) is 66.4 Å². The first-order chi connectivity index (χ1) is 17.0. The van der Waals surface area contributed by atoms with E-state index in [4.69, 9.17) is 4.74 Å². The minimum absolute atomic E-state index is 0.0518. The lowest BCUT2D eigenvalue weighted by Gasteiger charge is -2.30. The highest BCUT2D eigenvalue weighted by Gasteiger charge is 2.41. The molecular formula is C27H33N6O2+. The van der Waals surface area contributed by atoms with E-state index in [9.17, 15) is 4.79 Å². The Labute approximate surface area is 206 Å². The van der Waals surface area contributed by atoms with Crippen molar-refractivity contribution in [3.8, 4) is 11.3 Å². The Kier molecular flexibility index (Phi) is 6.66. The van der Waals surface area contributed by atoms with Crippen LogP contribution in [0.15, 0.2) is 60.8 Å². The summed E-state index contributed by atoms with van der Waals surface area (Å²) in [6.45, 7) is 6.40. The molecule has 2 saturated heterocycles. The van der Waals surface area contributed by atoms with Gasteiger partial charge < -0.3 is 15.0 Å². The minimum Gasteiger partial charge on any atom is -0.378 e. The van der Waals surface area contributed by atoms with Crippen LogP contribution in [0.2, 0.25) is 0 Å². The summed E-state index contributed by atoms with van der Waals surface area (Å²) in [5, 5.41) is 6.38. The average Bonchev–Trinajstić information content (AvgIpc) is 3.25. The van der Waals surface area contributed by atoms with E-state index in [1.54, 1.807) is 6.20 Å². The third-order valence-corrected chi connectivity index (χ3v) is 7.27. The molecule has 2 atom stereocenters. The van der Waals surface area contributed by atoms with Crippen molar-refractivity contribution in [1.82, 2.24) is 9.97 Å². The van der Waals surface area contributed by atoms with Gasteiger partial charge >= 0.3 is 6.03 Å². The summed E-state index contributed by atoms with van der Waals surface area (Å²) in [6, 6.07) is 18.4. The molecule has 8 heteroatoms. The molecule has 2 aromatic carbocycles. The van der Waals surface area contributed by atoms with E-state index in [0.29, 0.717) is 16.5 Å². The zero-order chi connectivity index (χ0) is 24.3. The number of amides is 2. The number of anilines is 4. The highest BCUT2D eigenvalue weighted by atomic mass is 16.5. The Morgan fingerprint density at radius 3 is 2.43 bits per heavy atom. The number of likely N-dealkylation sites (tertiary alicyclic amines) is 1. The summed E-state index contributed by atoms with van der Waals surface area (Å²) in [5.41, 5.74) is 4.70. The maximum Gasteiger partial charge on any atom is 0.421 e. The van der Waals surface area contributed by atoms with Gasteiger partial charge in [-0.3, -0.25) is 5.32 Å². The van der Waals surface area contributed by atoms with Gasteiger partial charge in [0.1, 0.15) is 0 Å². The highest BCUT2D eigenvalue weighted by molar-refractivity contribution is 5.85. The Balaban J connectivity index is 1.23. The molecule has 0 spiro atoms. The van der Waals surface area contributed by atoms with Gasteiger partial charge in [0.05, 0.1) is 38.5 Å². The number of ether oxygens (including phenoxy) is 1. The SMILES string of the molecule is C[C@@H]1CCC[N+]1(C)C(=O)Nc1ccc(-c2ccnc(Nc3ccc(N4CCOCC4)cc3)n2)cc1. The topological polar surface area (TPSA) is 79.4 Å². The molecule has 0 aliphatic carbocycles. The van der Waals surface area contributed by atoms with Crippen molar-refractivity contribution in [2.24, 2.45) is 0 Å². The fourth-order valence-electron chi connectivity index (χ4n) is 4.78. The molecule has 2 aliphatic heterocycles. The van der Waals surface area contributed by atoms with Crippen molar-refractivity contribution in [2.75, 3.05) is 55.4 Å². The number of rotatable bonds is 5. The van der Waals surface area contributed by atoms with E-state index < -0.39 is 0 Å². The number of nitrogens with zero attached hydrogens (tertiary/aromatic N) is 4. The molecule has 2 N–H and O–H groups in total. The summed E-state index contributed by atoms with van der Waals surface area (Å²) in [7, 11) is 2.02. The van der Waals surface area contributed by atoms with Gasteiger partial charge in [-0.05, 0) is 49.4 Å². The van der Waals surface area contributed by atoms with Crippen LogP contribution < -0.4 is 15.5 Å². The van der Waals surface area contributed by atoms with Crippen LogP contribution in [0.25, 0.3) is 11.3 Å². The molecule has 3 heterocycles. The first-order valence-electron chi connectivity index (χ1n) is 12.3. The zero-order valence-corrected chi connectivity index (χ0v) is 20.4. The number of hydrogen-bond donors (Lipinski definition) is 2. The summed E-state index contributed by atoms with van der Waals surface area (Å²) >= 11 is 0. The lowest BCUT2D eigenvalue weighted by atomic mass is 10.1. The summed E-state index contributed by atoms with van der Waals surface area (Å²) in [6.07, 6.45) is 3.93. The lowest BCUT2D eigenvalue weighted by molar-refractivity contribution is -0.838. The standard InChI is InChI=1S/C27H32N6O2/c1-20-4-3-17-33(20,2)27(34)30-23-7-5-21(6-8-23)25-13-14-28-26(31-25)29-22-9-11-24(12-10-22)32-15-18-35-19-16-32/h5-14,20H,3-4,15-19H2,1-2H3,(H-,28,29,30,31,34)/p+1/t20-,33?/m1/s1. The number of nitrogens with one attached hydrogen (secondary N) is 2. The number of aromatic nitrogens is 2. The molecule has 0 radical (unpaired) electrons. The van der Waals surface area contributed by atoms with Crippen LogP contribution in [0, 0.1) is 0 Å². The number of morpholine rings is 1. The lowest BCUT2D eigenvalue weighted by Crippen LogP contribution is -2.53. The van der Waals surface area contributed by atoms with Crippen molar-refractivity contribution in [2.45, 2.75) is 25.8 Å². The molecule has 3 aromatic rings. The van der Waals surface area contributed by atoms with E-state index >= 15 is 0 Å². The van der Waals surface area contributed by atoms with Crippen molar-refractivity contribution >= 4 is 29.0 Å². The third kappa shape index (κ3) is 5.13.